The van der Waals surface area contributed by atoms with Gasteiger partial charge in [0.1, 0.15) is 0 Å². The molecule has 3 aromatic rings. The van der Waals surface area contributed by atoms with Crippen LogP contribution in [0.15, 0.2) is 71.0 Å². The summed E-state index contributed by atoms with van der Waals surface area (Å²) in [6.45, 7) is 0. The van der Waals surface area contributed by atoms with Crippen LogP contribution in [0.4, 0.5) is 5.69 Å². The van der Waals surface area contributed by atoms with E-state index in [1.54, 1.807) is 6.20 Å². The van der Waals surface area contributed by atoms with Gasteiger partial charge in [-0.2, -0.15) is 0 Å². The molecule has 23 heavy (non-hydrogen) atoms. The van der Waals surface area contributed by atoms with Gasteiger partial charge in [-0.05, 0) is 17.7 Å². The van der Waals surface area contributed by atoms with Gasteiger partial charge in [0, 0.05) is 30.1 Å². The molecule has 0 bridgehead atoms. The van der Waals surface area contributed by atoms with Gasteiger partial charge in [0.2, 0.25) is 0 Å². The van der Waals surface area contributed by atoms with Crippen LogP contribution in [0.3, 0.4) is 0 Å². The van der Waals surface area contributed by atoms with Gasteiger partial charge in [-0.25, -0.2) is 4.98 Å². The molecule has 0 saturated heterocycles. The van der Waals surface area contributed by atoms with E-state index in [2.05, 4.69) is 20.3 Å². The van der Waals surface area contributed by atoms with E-state index in [4.69, 9.17) is 0 Å². The second-order valence-corrected chi connectivity index (χ2v) is 5.30. The number of aromatic nitrogens is 2. The number of hydrogen-bond acceptors (Lipinski definition) is 4. The summed E-state index contributed by atoms with van der Waals surface area (Å²) in [6, 6.07) is 13.7. The van der Waals surface area contributed by atoms with Crippen molar-refractivity contribution in [3.63, 3.8) is 0 Å². The Morgan fingerprint density at radius 2 is 1.96 bits per heavy atom. The highest BCUT2D eigenvalue weighted by molar-refractivity contribution is 6.08. The van der Waals surface area contributed by atoms with Crippen LogP contribution in [0, 0.1) is 0 Å². The van der Waals surface area contributed by atoms with Gasteiger partial charge in [-0.15, -0.1) is 0 Å². The number of anilines is 1. The molecule has 0 amide bonds. The Labute approximate surface area is 132 Å². The summed E-state index contributed by atoms with van der Waals surface area (Å²) in [5, 5.41) is 3.84. The Balaban J connectivity index is 1.85. The van der Waals surface area contributed by atoms with Crippen LogP contribution in [0.1, 0.15) is 11.1 Å². The second-order valence-electron chi connectivity index (χ2n) is 5.30. The van der Waals surface area contributed by atoms with Crippen molar-refractivity contribution in [1.82, 2.24) is 9.97 Å². The summed E-state index contributed by atoms with van der Waals surface area (Å²) in [5.41, 5.74) is 4.45. The number of nitrogens with zero attached hydrogens (tertiary/aromatic N) is 2. The number of nitrogens with one attached hydrogen (secondary N) is 2. The van der Waals surface area contributed by atoms with Crippen molar-refractivity contribution in [3.8, 4) is 0 Å². The highest BCUT2D eigenvalue weighted by Gasteiger charge is 2.14. The third-order valence-corrected chi connectivity index (χ3v) is 3.89. The van der Waals surface area contributed by atoms with Crippen LogP contribution in [-0.4, -0.2) is 15.7 Å². The Morgan fingerprint density at radius 3 is 2.91 bits per heavy atom. The smallest absolute Gasteiger partial charge is 0.258 e. The van der Waals surface area contributed by atoms with E-state index >= 15 is 0 Å². The lowest BCUT2D eigenvalue weighted by molar-refractivity contribution is 1.16. The largest absolute Gasteiger partial charge is 0.360 e. The molecule has 0 spiro atoms. The third-order valence-electron chi connectivity index (χ3n) is 3.89. The fourth-order valence-corrected chi connectivity index (χ4v) is 2.84. The number of aliphatic imine (C=N–C) groups is 1. The number of hydrogen-bond donors (Lipinski definition) is 2. The summed E-state index contributed by atoms with van der Waals surface area (Å²) in [5.74, 6) is 0. The first kappa shape index (κ1) is 13.5. The molecule has 0 atom stereocenters. The molecule has 112 valence electrons. The van der Waals surface area contributed by atoms with Crippen molar-refractivity contribution in [1.29, 1.82) is 0 Å². The summed E-state index contributed by atoms with van der Waals surface area (Å²) in [6.07, 6.45) is 5.54. The molecule has 5 nitrogen and oxygen atoms in total. The Kier molecular flexibility index (Phi) is 3.24. The predicted molar refractivity (Wildman–Crippen MR) is 91.8 cm³/mol. The standard InChI is InChI=1S/C18H14N4O/c23-18-17-12(4-3-7-15(17)21-11-22-18)10-16-13-5-1-2-6-14(13)19-8-9-20-16/h1-9,11,19H,10H2,(H,21,22,23). The predicted octanol–water partition coefficient (Wildman–Crippen LogP) is 2.85. The lowest BCUT2D eigenvalue weighted by Crippen LogP contribution is -2.12. The van der Waals surface area contributed by atoms with Crippen LogP contribution in [0.25, 0.3) is 10.9 Å². The van der Waals surface area contributed by atoms with E-state index < -0.39 is 0 Å². The molecule has 2 N–H and O–H groups in total. The van der Waals surface area contributed by atoms with E-state index in [9.17, 15) is 4.79 Å². The first-order chi connectivity index (χ1) is 11.3. The van der Waals surface area contributed by atoms with Crippen molar-refractivity contribution in [2.45, 2.75) is 6.42 Å². The van der Waals surface area contributed by atoms with Gasteiger partial charge >= 0.3 is 0 Å². The van der Waals surface area contributed by atoms with Crippen LogP contribution >= 0.6 is 0 Å². The highest BCUT2D eigenvalue weighted by atomic mass is 16.1. The maximum Gasteiger partial charge on any atom is 0.258 e. The van der Waals surface area contributed by atoms with Gasteiger partial charge in [0.05, 0.1) is 22.9 Å². The molecule has 0 radical (unpaired) electrons. The van der Waals surface area contributed by atoms with E-state index in [1.165, 1.54) is 6.33 Å². The second kappa shape index (κ2) is 5.53. The Hall–Kier alpha value is -3.21. The molecule has 1 aliphatic rings. The molecular formula is C18H14N4O. The summed E-state index contributed by atoms with van der Waals surface area (Å²) < 4.78 is 0. The van der Waals surface area contributed by atoms with Crippen molar-refractivity contribution >= 4 is 22.3 Å². The quantitative estimate of drug-likeness (QED) is 0.764. The molecule has 0 saturated carbocycles. The number of rotatable bonds is 2. The van der Waals surface area contributed by atoms with Crippen molar-refractivity contribution < 1.29 is 0 Å². The number of fused-ring (bicyclic) bond motifs is 2. The van der Waals surface area contributed by atoms with E-state index in [0.717, 1.165) is 22.5 Å². The lowest BCUT2D eigenvalue weighted by atomic mass is 9.98. The highest BCUT2D eigenvalue weighted by Crippen LogP contribution is 2.22. The van der Waals surface area contributed by atoms with Gasteiger partial charge in [0.25, 0.3) is 5.56 Å². The zero-order valence-corrected chi connectivity index (χ0v) is 12.3. The van der Waals surface area contributed by atoms with Gasteiger partial charge in [0.15, 0.2) is 0 Å². The topological polar surface area (TPSA) is 70.1 Å². The summed E-state index contributed by atoms with van der Waals surface area (Å²) in [7, 11) is 0. The SMILES string of the molecule is O=c1[nH]cnc2cccc(CC3=NC=CNc4ccccc43)c12. The van der Waals surface area contributed by atoms with Crippen LogP contribution in [-0.2, 0) is 6.42 Å². The molecular weight excluding hydrogens is 288 g/mol. The minimum atomic E-state index is -0.123. The van der Waals surface area contributed by atoms with E-state index in [0.29, 0.717) is 17.3 Å². The van der Waals surface area contributed by atoms with Crippen molar-refractivity contribution in [3.05, 3.63) is 82.7 Å². The maximum atomic E-state index is 12.2. The number of benzene rings is 2. The monoisotopic (exact) mass is 302 g/mol. The average Bonchev–Trinajstić information content (AvgIpc) is 2.78. The fourth-order valence-electron chi connectivity index (χ4n) is 2.84. The van der Waals surface area contributed by atoms with Gasteiger partial charge in [-0.3, -0.25) is 9.79 Å². The number of para-hydroxylation sites is 1. The molecule has 4 rings (SSSR count). The molecule has 0 aliphatic carbocycles. The zero-order valence-electron chi connectivity index (χ0n) is 12.3. The maximum absolute atomic E-state index is 12.2. The molecule has 0 fully saturated rings. The summed E-state index contributed by atoms with van der Waals surface area (Å²) >= 11 is 0. The van der Waals surface area contributed by atoms with Crippen molar-refractivity contribution in [2.75, 3.05) is 5.32 Å². The van der Waals surface area contributed by atoms with Gasteiger partial charge < -0.3 is 10.3 Å². The minimum Gasteiger partial charge on any atom is -0.360 e. The van der Waals surface area contributed by atoms with Gasteiger partial charge in [-0.1, -0.05) is 30.3 Å². The van der Waals surface area contributed by atoms with Crippen LogP contribution in [0.5, 0.6) is 0 Å². The first-order valence-corrected chi connectivity index (χ1v) is 7.36. The molecule has 2 heterocycles. The zero-order chi connectivity index (χ0) is 15.6. The molecule has 5 heteroatoms. The van der Waals surface area contributed by atoms with Crippen molar-refractivity contribution in [2.24, 2.45) is 4.99 Å². The van der Waals surface area contributed by atoms with E-state index in [1.807, 2.05) is 48.7 Å². The molecule has 1 aromatic heterocycles. The first-order valence-electron chi connectivity index (χ1n) is 7.36. The number of H-pyrrole nitrogens is 1. The van der Waals surface area contributed by atoms with Crippen LogP contribution < -0.4 is 10.9 Å². The lowest BCUT2D eigenvalue weighted by Gasteiger charge is -2.11. The van der Waals surface area contributed by atoms with Crippen LogP contribution in [0.2, 0.25) is 0 Å². The normalized spacial score (nSPS) is 13.1. The molecule has 2 aromatic carbocycles. The summed E-state index contributed by atoms with van der Waals surface area (Å²) in [4.78, 5) is 23.6. The average molecular weight is 302 g/mol. The molecule has 1 aliphatic heterocycles. The Morgan fingerprint density at radius 1 is 1.04 bits per heavy atom. The van der Waals surface area contributed by atoms with E-state index in [-0.39, 0.29) is 5.56 Å². The fraction of sp³-hybridized carbons (Fsp3) is 0.0556. The third kappa shape index (κ3) is 2.42. The molecule has 0 unspecified atom stereocenters. The minimum absolute atomic E-state index is 0.123. The Bertz CT molecular complexity index is 996. The number of aromatic amines is 1.